The van der Waals surface area contributed by atoms with E-state index in [4.69, 9.17) is 0 Å². The molecule has 1 unspecified atom stereocenters. The maximum absolute atomic E-state index is 13.7. The van der Waals surface area contributed by atoms with E-state index in [-0.39, 0.29) is 30.7 Å². The van der Waals surface area contributed by atoms with Gasteiger partial charge in [-0.3, -0.25) is 9.78 Å². The number of amides is 1. The summed E-state index contributed by atoms with van der Waals surface area (Å²) in [7, 11) is 0. The largest absolute Gasteiger partial charge is 0.393 e. The lowest BCUT2D eigenvalue weighted by Gasteiger charge is -2.21. The lowest BCUT2D eigenvalue weighted by molar-refractivity contribution is 0.0917. The Morgan fingerprint density at radius 3 is 2.69 bits per heavy atom. The van der Waals surface area contributed by atoms with Crippen LogP contribution in [0.2, 0.25) is 0 Å². The third-order valence-electron chi connectivity index (χ3n) is 3.81. The molecule has 2 aromatic rings. The maximum Gasteiger partial charge on any atom is 0.253 e. The summed E-state index contributed by atoms with van der Waals surface area (Å²) in [6.45, 7) is 5.63. The summed E-state index contributed by atoms with van der Waals surface area (Å²) in [6.07, 6.45) is 1.32. The molecule has 0 saturated heterocycles. The SMILES string of the molecule is CC(C)(C)NC(=O)c1cccnc1CC(O)CCc1cc(F)ccc1F. The van der Waals surface area contributed by atoms with E-state index in [1.54, 1.807) is 18.3 Å². The molecular formula is C20H24F2N2O2. The molecule has 6 heteroatoms. The highest BCUT2D eigenvalue weighted by Gasteiger charge is 2.20. The van der Waals surface area contributed by atoms with Gasteiger partial charge >= 0.3 is 0 Å². The van der Waals surface area contributed by atoms with Crippen molar-refractivity contribution < 1.29 is 18.7 Å². The molecule has 0 saturated carbocycles. The van der Waals surface area contributed by atoms with Crippen LogP contribution in [0.1, 0.15) is 48.8 Å². The normalized spacial score (nSPS) is 12.7. The first-order valence-electron chi connectivity index (χ1n) is 8.54. The van der Waals surface area contributed by atoms with Crippen LogP contribution >= 0.6 is 0 Å². The number of aliphatic hydroxyl groups excluding tert-OH is 1. The molecule has 2 N–H and O–H groups in total. The van der Waals surface area contributed by atoms with E-state index >= 15 is 0 Å². The number of aromatic nitrogens is 1. The molecule has 0 radical (unpaired) electrons. The fourth-order valence-corrected chi connectivity index (χ4v) is 2.60. The molecule has 1 heterocycles. The zero-order chi connectivity index (χ0) is 19.3. The highest BCUT2D eigenvalue weighted by molar-refractivity contribution is 5.95. The average molecular weight is 362 g/mol. The zero-order valence-electron chi connectivity index (χ0n) is 15.2. The summed E-state index contributed by atoms with van der Waals surface area (Å²) in [6, 6.07) is 6.58. The molecule has 0 aliphatic heterocycles. The molecule has 0 fully saturated rings. The first-order valence-corrected chi connectivity index (χ1v) is 8.54. The third kappa shape index (κ3) is 5.88. The Balaban J connectivity index is 2.04. The van der Waals surface area contributed by atoms with Crippen molar-refractivity contribution in [2.75, 3.05) is 0 Å². The van der Waals surface area contributed by atoms with Gasteiger partial charge in [-0.2, -0.15) is 0 Å². The van der Waals surface area contributed by atoms with Crippen molar-refractivity contribution in [1.82, 2.24) is 10.3 Å². The van der Waals surface area contributed by atoms with E-state index < -0.39 is 23.3 Å². The van der Waals surface area contributed by atoms with Gasteiger partial charge in [0.15, 0.2) is 0 Å². The lowest BCUT2D eigenvalue weighted by atomic mass is 10.00. The number of nitrogens with zero attached hydrogens (tertiary/aromatic N) is 1. The first kappa shape index (κ1) is 20.0. The van der Waals surface area contributed by atoms with Crippen molar-refractivity contribution >= 4 is 5.91 Å². The molecule has 140 valence electrons. The van der Waals surface area contributed by atoms with Gasteiger partial charge in [-0.15, -0.1) is 0 Å². The van der Waals surface area contributed by atoms with Gasteiger partial charge in [0.25, 0.3) is 5.91 Å². The molecule has 2 rings (SSSR count). The number of pyridine rings is 1. The predicted molar refractivity (Wildman–Crippen MR) is 95.8 cm³/mol. The highest BCUT2D eigenvalue weighted by Crippen LogP contribution is 2.16. The number of benzene rings is 1. The average Bonchev–Trinajstić information content (AvgIpc) is 2.54. The zero-order valence-corrected chi connectivity index (χ0v) is 15.2. The minimum atomic E-state index is -0.825. The molecular weight excluding hydrogens is 338 g/mol. The first-order chi connectivity index (χ1) is 12.2. The Hall–Kier alpha value is -2.34. The van der Waals surface area contributed by atoms with Crippen LogP contribution in [-0.4, -0.2) is 27.6 Å². The van der Waals surface area contributed by atoms with Crippen LogP contribution in [0, 0.1) is 11.6 Å². The van der Waals surface area contributed by atoms with Crippen LogP contribution in [0.5, 0.6) is 0 Å². The molecule has 0 aliphatic rings. The van der Waals surface area contributed by atoms with Crippen LogP contribution in [0.4, 0.5) is 8.78 Å². The smallest absolute Gasteiger partial charge is 0.253 e. The number of carbonyl (C=O) groups is 1. The Labute approximate surface area is 152 Å². The van der Waals surface area contributed by atoms with Crippen molar-refractivity contribution in [2.45, 2.75) is 51.7 Å². The Morgan fingerprint density at radius 1 is 1.27 bits per heavy atom. The molecule has 0 spiro atoms. The summed E-state index contributed by atoms with van der Waals surface area (Å²) in [5.74, 6) is -1.27. The second-order valence-corrected chi connectivity index (χ2v) is 7.33. The van der Waals surface area contributed by atoms with Gasteiger partial charge in [-0.05, 0) is 69.5 Å². The van der Waals surface area contributed by atoms with Gasteiger partial charge in [0.2, 0.25) is 0 Å². The van der Waals surface area contributed by atoms with Gasteiger partial charge in [-0.1, -0.05) is 0 Å². The minimum absolute atomic E-state index is 0.157. The number of rotatable bonds is 6. The van der Waals surface area contributed by atoms with Crippen LogP contribution in [0.3, 0.4) is 0 Å². The third-order valence-corrected chi connectivity index (χ3v) is 3.81. The molecule has 4 nitrogen and oxygen atoms in total. The van der Waals surface area contributed by atoms with Crippen molar-refractivity contribution in [1.29, 1.82) is 0 Å². The highest BCUT2D eigenvalue weighted by atomic mass is 19.1. The van der Waals surface area contributed by atoms with Gasteiger partial charge in [0.05, 0.1) is 17.4 Å². The summed E-state index contributed by atoms with van der Waals surface area (Å²) < 4.78 is 26.9. The number of halogens is 2. The lowest BCUT2D eigenvalue weighted by Crippen LogP contribution is -2.41. The van der Waals surface area contributed by atoms with E-state index in [9.17, 15) is 18.7 Å². The number of aryl methyl sites for hydroxylation is 1. The van der Waals surface area contributed by atoms with Crippen LogP contribution in [0.15, 0.2) is 36.5 Å². The van der Waals surface area contributed by atoms with Crippen LogP contribution < -0.4 is 5.32 Å². The molecule has 1 aromatic heterocycles. The molecule has 0 aliphatic carbocycles. The van der Waals surface area contributed by atoms with Gasteiger partial charge < -0.3 is 10.4 Å². The van der Waals surface area contributed by atoms with E-state index in [0.29, 0.717) is 11.3 Å². The minimum Gasteiger partial charge on any atom is -0.393 e. The standard InChI is InChI=1S/C20H24F2N2O2/c1-20(2,3)24-19(26)16-5-4-10-23-18(16)12-15(25)8-6-13-11-14(21)7-9-17(13)22/h4-5,7,9-11,15,25H,6,8,12H2,1-3H3,(H,24,26). The molecule has 1 atom stereocenters. The molecule has 0 bridgehead atoms. The van der Waals surface area contributed by atoms with Crippen molar-refractivity contribution in [3.05, 3.63) is 65.0 Å². The number of aliphatic hydroxyl groups is 1. The summed E-state index contributed by atoms with van der Waals surface area (Å²) in [5, 5.41) is 13.1. The quantitative estimate of drug-likeness (QED) is 0.828. The summed E-state index contributed by atoms with van der Waals surface area (Å²) in [5.41, 5.74) is 0.702. The van der Waals surface area contributed by atoms with Crippen molar-refractivity contribution in [3.63, 3.8) is 0 Å². The van der Waals surface area contributed by atoms with Gasteiger partial charge in [0.1, 0.15) is 11.6 Å². The molecule has 1 aromatic carbocycles. The Bertz CT molecular complexity index is 773. The van der Waals surface area contributed by atoms with E-state index in [0.717, 1.165) is 18.2 Å². The molecule has 26 heavy (non-hydrogen) atoms. The monoisotopic (exact) mass is 362 g/mol. The topological polar surface area (TPSA) is 62.2 Å². The number of hydrogen-bond donors (Lipinski definition) is 2. The van der Waals surface area contributed by atoms with Gasteiger partial charge in [0, 0.05) is 18.2 Å². The summed E-state index contributed by atoms with van der Waals surface area (Å²) >= 11 is 0. The number of nitrogens with one attached hydrogen (secondary N) is 1. The predicted octanol–water partition coefficient (Wildman–Crippen LogP) is 3.42. The number of hydrogen-bond acceptors (Lipinski definition) is 3. The maximum atomic E-state index is 13.7. The fourth-order valence-electron chi connectivity index (χ4n) is 2.60. The Morgan fingerprint density at radius 2 is 2.00 bits per heavy atom. The van der Waals surface area contributed by atoms with Crippen LogP contribution in [0.25, 0.3) is 0 Å². The van der Waals surface area contributed by atoms with Crippen LogP contribution in [-0.2, 0) is 12.8 Å². The second kappa shape index (κ2) is 8.36. The Kier molecular flexibility index (Phi) is 6.42. The second-order valence-electron chi connectivity index (χ2n) is 7.33. The van der Waals surface area contributed by atoms with E-state index in [1.165, 1.54) is 0 Å². The summed E-state index contributed by atoms with van der Waals surface area (Å²) in [4.78, 5) is 16.6. The molecule has 1 amide bonds. The van der Waals surface area contributed by atoms with Crippen molar-refractivity contribution in [2.24, 2.45) is 0 Å². The van der Waals surface area contributed by atoms with E-state index in [1.807, 2.05) is 20.8 Å². The fraction of sp³-hybridized carbons (Fsp3) is 0.400. The van der Waals surface area contributed by atoms with Gasteiger partial charge in [-0.25, -0.2) is 8.78 Å². The number of carbonyl (C=O) groups excluding carboxylic acids is 1. The van der Waals surface area contributed by atoms with E-state index in [2.05, 4.69) is 10.3 Å². The van der Waals surface area contributed by atoms with Crippen molar-refractivity contribution in [3.8, 4) is 0 Å².